The molecule has 0 aromatic carbocycles. The normalized spacial score (nSPS) is 63.7. The van der Waals surface area contributed by atoms with E-state index in [0.717, 1.165) is 12.3 Å². The van der Waals surface area contributed by atoms with E-state index < -0.39 is 0 Å². The summed E-state index contributed by atoms with van der Waals surface area (Å²) in [6.45, 7) is 6.80. The first kappa shape index (κ1) is 10.4. The first-order valence-electron chi connectivity index (χ1n) is 7.17. The van der Waals surface area contributed by atoms with E-state index in [0.29, 0.717) is 17.3 Å². The molecule has 17 heavy (non-hydrogen) atoms. The van der Waals surface area contributed by atoms with Gasteiger partial charge in [0.2, 0.25) is 0 Å². The number of hydrogen-bond acceptors (Lipinski definition) is 2. The molecular weight excluding hydrogens is 212 g/mol. The van der Waals surface area contributed by atoms with Gasteiger partial charge in [-0.05, 0) is 63.2 Å². The Morgan fingerprint density at radius 3 is 2.71 bits per heavy atom. The summed E-state index contributed by atoms with van der Waals surface area (Å²) >= 11 is 0. The van der Waals surface area contributed by atoms with Crippen LogP contribution in [0.2, 0.25) is 0 Å². The molecule has 0 aromatic rings. The summed E-state index contributed by atoms with van der Waals surface area (Å²) < 4.78 is 5.81. The quantitative estimate of drug-likeness (QED) is 0.602. The number of hydrogen-bond donors (Lipinski definition) is 0. The molecule has 4 fully saturated rings. The summed E-state index contributed by atoms with van der Waals surface area (Å²) in [5, 5.41) is 0. The molecule has 2 bridgehead atoms. The minimum atomic E-state index is -0.157. The van der Waals surface area contributed by atoms with E-state index in [1.165, 1.54) is 25.7 Å². The molecule has 0 aromatic heterocycles. The highest BCUT2D eigenvalue weighted by atomic mass is 16.6. The van der Waals surface area contributed by atoms with Crippen LogP contribution in [-0.2, 0) is 9.53 Å². The van der Waals surface area contributed by atoms with Crippen LogP contribution >= 0.6 is 0 Å². The predicted molar refractivity (Wildman–Crippen MR) is 64.3 cm³/mol. The van der Waals surface area contributed by atoms with Gasteiger partial charge >= 0.3 is 5.97 Å². The van der Waals surface area contributed by atoms with E-state index in [1.54, 1.807) is 0 Å². The minimum Gasteiger partial charge on any atom is -0.459 e. The Bertz CT molecular complexity index is 417. The molecule has 3 saturated carbocycles. The van der Waals surface area contributed by atoms with Crippen molar-refractivity contribution in [1.82, 2.24) is 0 Å². The fraction of sp³-hybridized carbons (Fsp3) is 0.933. The lowest BCUT2D eigenvalue weighted by Crippen LogP contribution is -2.41. The molecule has 4 rings (SSSR count). The fourth-order valence-corrected chi connectivity index (χ4v) is 6.17. The molecule has 1 spiro atoms. The van der Waals surface area contributed by atoms with Crippen LogP contribution in [-0.4, -0.2) is 11.6 Å². The average Bonchev–Trinajstić information content (AvgIpc) is 2.77. The Balaban J connectivity index is 1.92. The van der Waals surface area contributed by atoms with Crippen LogP contribution < -0.4 is 0 Å². The molecule has 4 aliphatic rings. The van der Waals surface area contributed by atoms with Gasteiger partial charge in [-0.3, -0.25) is 4.79 Å². The highest BCUT2D eigenvalue weighted by Gasteiger charge is 2.76. The molecule has 2 heteroatoms. The molecule has 0 N–H and O–H groups in total. The SMILES string of the molecule is CC1CCC2C13CCC1(C)OC(=O)C2(C)C1C3. The lowest BCUT2D eigenvalue weighted by atomic mass is 9.64. The maximum absolute atomic E-state index is 12.4. The lowest BCUT2D eigenvalue weighted by molar-refractivity contribution is -0.161. The second-order valence-electron chi connectivity index (χ2n) is 7.51. The van der Waals surface area contributed by atoms with Crippen molar-refractivity contribution in [2.75, 3.05) is 0 Å². The molecule has 3 aliphatic carbocycles. The van der Waals surface area contributed by atoms with Gasteiger partial charge in [-0.1, -0.05) is 6.92 Å². The second-order valence-corrected chi connectivity index (χ2v) is 7.51. The topological polar surface area (TPSA) is 26.3 Å². The smallest absolute Gasteiger partial charge is 0.313 e. The largest absolute Gasteiger partial charge is 0.459 e. The van der Waals surface area contributed by atoms with Crippen LogP contribution in [0.25, 0.3) is 0 Å². The van der Waals surface area contributed by atoms with Gasteiger partial charge in [-0.15, -0.1) is 0 Å². The van der Waals surface area contributed by atoms with Gasteiger partial charge < -0.3 is 4.74 Å². The van der Waals surface area contributed by atoms with Crippen LogP contribution in [0.15, 0.2) is 0 Å². The first-order chi connectivity index (χ1) is 7.93. The standard InChI is InChI=1S/C15H22O2/c1-9-4-5-10-14(3)11-8-15(9,10)7-6-13(11,2)17-12(14)16/h9-11H,4-8H2,1-3H3. The fourth-order valence-electron chi connectivity index (χ4n) is 6.17. The number of ether oxygens (including phenoxy) is 1. The first-order valence-corrected chi connectivity index (χ1v) is 7.17. The van der Waals surface area contributed by atoms with Crippen molar-refractivity contribution >= 4 is 5.97 Å². The molecule has 2 nitrogen and oxygen atoms in total. The molecule has 6 atom stereocenters. The van der Waals surface area contributed by atoms with Gasteiger partial charge in [0.15, 0.2) is 0 Å². The van der Waals surface area contributed by atoms with Gasteiger partial charge in [0, 0.05) is 5.92 Å². The third-order valence-electron chi connectivity index (χ3n) is 7.19. The van der Waals surface area contributed by atoms with Gasteiger partial charge in [0.25, 0.3) is 0 Å². The van der Waals surface area contributed by atoms with Gasteiger partial charge in [0.1, 0.15) is 5.60 Å². The van der Waals surface area contributed by atoms with E-state index in [1.807, 2.05) is 0 Å². The van der Waals surface area contributed by atoms with Gasteiger partial charge in [-0.25, -0.2) is 0 Å². The lowest BCUT2D eigenvalue weighted by Gasteiger charge is -2.44. The molecule has 94 valence electrons. The van der Waals surface area contributed by atoms with E-state index >= 15 is 0 Å². The Kier molecular flexibility index (Phi) is 1.57. The highest BCUT2D eigenvalue weighted by Crippen LogP contribution is 2.76. The maximum Gasteiger partial charge on any atom is 0.313 e. The zero-order valence-electron chi connectivity index (χ0n) is 11.1. The van der Waals surface area contributed by atoms with Crippen molar-refractivity contribution in [3.05, 3.63) is 0 Å². The Morgan fingerprint density at radius 1 is 1.18 bits per heavy atom. The Morgan fingerprint density at radius 2 is 1.94 bits per heavy atom. The summed E-state index contributed by atoms with van der Waals surface area (Å²) in [5.74, 6) is 2.02. The van der Waals surface area contributed by atoms with Crippen molar-refractivity contribution in [3.8, 4) is 0 Å². The monoisotopic (exact) mass is 234 g/mol. The maximum atomic E-state index is 12.4. The summed E-state index contributed by atoms with van der Waals surface area (Å²) in [4.78, 5) is 12.4. The second kappa shape index (κ2) is 2.57. The van der Waals surface area contributed by atoms with Gasteiger partial charge in [-0.2, -0.15) is 0 Å². The Labute approximate surface area is 103 Å². The van der Waals surface area contributed by atoms with E-state index in [4.69, 9.17) is 4.74 Å². The van der Waals surface area contributed by atoms with Crippen LogP contribution in [0.5, 0.6) is 0 Å². The number of carbonyl (C=O) groups excluding carboxylic acids is 1. The zero-order valence-corrected chi connectivity index (χ0v) is 11.1. The molecule has 1 aliphatic heterocycles. The molecule has 6 unspecified atom stereocenters. The average molecular weight is 234 g/mol. The number of rotatable bonds is 0. The summed E-state index contributed by atoms with van der Waals surface area (Å²) in [6.07, 6.45) is 6.20. The summed E-state index contributed by atoms with van der Waals surface area (Å²) in [7, 11) is 0. The van der Waals surface area contributed by atoms with Crippen molar-refractivity contribution in [2.45, 2.75) is 58.5 Å². The molecule has 0 radical (unpaired) electrons. The van der Waals surface area contributed by atoms with Gasteiger partial charge in [0.05, 0.1) is 5.41 Å². The number of esters is 1. The number of carbonyl (C=O) groups is 1. The highest BCUT2D eigenvalue weighted by molar-refractivity contribution is 5.81. The Hall–Kier alpha value is -0.530. The molecule has 0 amide bonds. The van der Waals surface area contributed by atoms with Crippen molar-refractivity contribution in [1.29, 1.82) is 0 Å². The summed E-state index contributed by atoms with van der Waals surface area (Å²) in [5.41, 5.74) is 0.190. The van der Waals surface area contributed by atoms with E-state index in [-0.39, 0.29) is 17.0 Å². The van der Waals surface area contributed by atoms with Crippen LogP contribution in [0.3, 0.4) is 0 Å². The van der Waals surface area contributed by atoms with Crippen molar-refractivity contribution in [2.24, 2.45) is 28.6 Å². The van der Waals surface area contributed by atoms with Crippen LogP contribution in [0.1, 0.15) is 52.9 Å². The van der Waals surface area contributed by atoms with E-state index in [9.17, 15) is 4.79 Å². The molecule has 1 heterocycles. The number of fused-ring (bicyclic) bond motifs is 1. The predicted octanol–water partition coefficient (Wildman–Crippen LogP) is 3.15. The zero-order chi connectivity index (χ0) is 12.1. The van der Waals surface area contributed by atoms with Crippen molar-refractivity contribution in [3.63, 3.8) is 0 Å². The van der Waals surface area contributed by atoms with Crippen LogP contribution in [0.4, 0.5) is 0 Å². The van der Waals surface area contributed by atoms with Crippen molar-refractivity contribution < 1.29 is 9.53 Å². The van der Waals surface area contributed by atoms with E-state index in [2.05, 4.69) is 20.8 Å². The third kappa shape index (κ3) is 0.850. The molecule has 1 saturated heterocycles. The van der Waals surface area contributed by atoms with Crippen LogP contribution in [0, 0.1) is 28.6 Å². The summed E-state index contributed by atoms with van der Waals surface area (Å²) in [6, 6.07) is 0. The third-order valence-corrected chi connectivity index (χ3v) is 7.19. The molecular formula is C15H22O2. The minimum absolute atomic E-state index is 0.116.